The van der Waals surface area contributed by atoms with Crippen LogP contribution in [0.4, 0.5) is 0 Å². The van der Waals surface area contributed by atoms with Gasteiger partial charge in [0.1, 0.15) is 0 Å². The van der Waals surface area contributed by atoms with Crippen LogP contribution >= 0.6 is 0 Å². The fourth-order valence-electron chi connectivity index (χ4n) is 3.34. The van der Waals surface area contributed by atoms with Crippen molar-refractivity contribution in [3.63, 3.8) is 0 Å². The molecule has 1 N–H and O–H groups in total. The Hall–Kier alpha value is -1.06. The molecule has 1 saturated carbocycles. The second kappa shape index (κ2) is 5.93. The van der Waals surface area contributed by atoms with E-state index in [1.54, 1.807) is 4.90 Å². The van der Waals surface area contributed by atoms with Gasteiger partial charge in [0.15, 0.2) is 0 Å². The quantitative estimate of drug-likeness (QED) is 0.846. The van der Waals surface area contributed by atoms with Crippen LogP contribution in [0.15, 0.2) is 0 Å². The summed E-state index contributed by atoms with van der Waals surface area (Å²) in [6.45, 7) is 7.76. The first kappa shape index (κ1) is 14.4. The summed E-state index contributed by atoms with van der Waals surface area (Å²) in [5.41, 5.74) is 0. The predicted molar refractivity (Wildman–Crippen MR) is 74.5 cm³/mol. The highest BCUT2D eigenvalue weighted by Gasteiger charge is 2.35. The van der Waals surface area contributed by atoms with E-state index in [1.807, 2.05) is 6.92 Å². The molecule has 2 aliphatic rings. The smallest absolute Gasteiger partial charge is 0.225 e. The van der Waals surface area contributed by atoms with Crippen molar-refractivity contribution < 1.29 is 9.59 Å². The van der Waals surface area contributed by atoms with E-state index >= 15 is 0 Å². The zero-order chi connectivity index (χ0) is 14.0. The minimum absolute atomic E-state index is 0.0789. The van der Waals surface area contributed by atoms with Gasteiger partial charge in [-0.1, -0.05) is 26.7 Å². The Morgan fingerprint density at radius 2 is 2.11 bits per heavy atom. The number of nitrogens with zero attached hydrogens (tertiary/aromatic N) is 1. The molecule has 19 heavy (non-hydrogen) atoms. The van der Waals surface area contributed by atoms with Gasteiger partial charge in [-0.15, -0.1) is 0 Å². The van der Waals surface area contributed by atoms with E-state index < -0.39 is 0 Å². The van der Waals surface area contributed by atoms with Crippen molar-refractivity contribution >= 4 is 11.8 Å². The zero-order valence-corrected chi connectivity index (χ0v) is 12.3. The summed E-state index contributed by atoms with van der Waals surface area (Å²) in [4.78, 5) is 25.7. The third kappa shape index (κ3) is 3.10. The summed E-state index contributed by atoms with van der Waals surface area (Å²) >= 11 is 0. The summed E-state index contributed by atoms with van der Waals surface area (Å²) in [5, 5.41) is 3.19. The lowest BCUT2D eigenvalue weighted by atomic mass is 9.78. The first-order chi connectivity index (χ1) is 9.02. The number of hydrogen-bond donors (Lipinski definition) is 1. The van der Waals surface area contributed by atoms with E-state index in [0.29, 0.717) is 37.4 Å². The molecule has 4 unspecified atom stereocenters. The van der Waals surface area contributed by atoms with Crippen LogP contribution in [-0.4, -0.2) is 35.8 Å². The molecule has 1 aliphatic heterocycles. The van der Waals surface area contributed by atoms with Crippen molar-refractivity contribution in [2.75, 3.05) is 13.1 Å². The lowest BCUT2D eigenvalue weighted by Crippen LogP contribution is -2.46. The fourth-order valence-corrected chi connectivity index (χ4v) is 3.34. The van der Waals surface area contributed by atoms with E-state index in [4.69, 9.17) is 0 Å². The lowest BCUT2D eigenvalue weighted by Gasteiger charge is -2.35. The zero-order valence-electron chi connectivity index (χ0n) is 12.3. The molecule has 4 nitrogen and oxygen atoms in total. The summed E-state index contributed by atoms with van der Waals surface area (Å²) in [6.07, 6.45) is 3.92. The highest BCUT2D eigenvalue weighted by atomic mass is 16.2. The molecule has 0 aromatic carbocycles. The third-order valence-corrected chi connectivity index (χ3v) is 5.00. The van der Waals surface area contributed by atoms with Crippen molar-refractivity contribution in [2.45, 2.75) is 52.5 Å². The van der Waals surface area contributed by atoms with Gasteiger partial charge in [0, 0.05) is 25.6 Å². The predicted octanol–water partition coefficient (Wildman–Crippen LogP) is 1.80. The topological polar surface area (TPSA) is 49.4 Å². The molecule has 0 bridgehead atoms. The largest absolute Gasteiger partial charge is 0.353 e. The molecular formula is C15H26N2O2. The van der Waals surface area contributed by atoms with Gasteiger partial charge in [-0.05, 0) is 25.2 Å². The molecule has 0 spiro atoms. The lowest BCUT2D eigenvalue weighted by molar-refractivity contribution is -0.129. The SMILES string of the molecule is CCN1CC(C(=O)NC2CCCC(C)C2C)CC1=O. The van der Waals surface area contributed by atoms with Crippen molar-refractivity contribution in [2.24, 2.45) is 17.8 Å². The van der Waals surface area contributed by atoms with E-state index in [0.717, 1.165) is 6.42 Å². The van der Waals surface area contributed by atoms with Crippen LogP contribution in [0.5, 0.6) is 0 Å². The van der Waals surface area contributed by atoms with Crippen molar-refractivity contribution in [1.29, 1.82) is 0 Å². The molecule has 2 fully saturated rings. The van der Waals surface area contributed by atoms with Gasteiger partial charge in [-0.3, -0.25) is 9.59 Å². The van der Waals surface area contributed by atoms with E-state index in [1.165, 1.54) is 12.8 Å². The maximum Gasteiger partial charge on any atom is 0.225 e. The van der Waals surface area contributed by atoms with Crippen molar-refractivity contribution in [3.8, 4) is 0 Å². The van der Waals surface area contributed by atoms with Crippen LogP contribution < -0.4 is 5.32 Å². The summed E-state index contributed by atoms with van der Waals surface area (Å²) in [6, 6.07) is 0.294. The normalized spacial score (nSPS) is 35.5. The number of likely N-dealkylation sites (tertiary alicyclic amines) is 1. The standard InChI is InChI=1S/C15H26N2O2/c1-4-17-9-12(8-14(17)18)15(19)16-13-7-5-6-10(2)11(13)3/h10-13H,4-9H2,1-3H3,(H,16,19). The first-order valence-corrected chi connectivity index (χ1v) is 7.61. The van der Waals surface area contributed by atoms with Gasteiger partial charge in [-0.2, -0.15) is 0 Å². The number of nitrogens with one attached hydrogen (secondary N) is 1. The van der Waals surface area contributed by atoms with E-state index in [9.17, 15) is 9.59 Å². The second-order valence-corrected chi connectivity index (χ2v) is 6.22. The summed E-state index contributed by atoms with van der Waals surface area (Å²) < 4.78 is 0. The van der Waals surface area contributed by atoms with Gasteiger partial charge in [0.05, 0.1) is 5.92 Å². The fraction of sp³-hybridized carbons (Fsp3) is 0.867. The van der Waals surface area contributed by atoms with E-state index in [-0.39, 0.29) is 17.7 Å². The third-order valence-electron chi connectivity index (χ3n) is 5.00. The molecule has 4 heteroatoms. The Labute approximate surface area is 115 Å². The summed E-state index contributed by atoms with van der Waals surface area (Å²) in [5.74, 6) is 1.27. The van der Waals surface area contributed by atoms with Crippen LogP contribution in [0.25, 0.3) is 0 Å². The minimum atomic E-state index is -0.142. The van der Waals surface area contributed by atoms with Crippen LogP contribution in [-0.2, 0) is 9.59 Å². The molecule has 1 saturated heterocycles. The molecule has 2 rings (SSSR count). The monoisotopic (exact) mass is 266 g/mol. The number of rotatable bonds is 3. The van der Waals surface area contributed by atoms with Crippen LogP contribution in [0.1, 0.15) is 46.5 Å². The Morgan fingerprint density at radius 3 is 2.74 bits per heavy atom. The average molecular weight is 266 g/mol. The first-order valence-electron chi connectivity index (χ1n) is 7.61. The number of hydrogen-bond acceptors (Lipinski definition) is 2. The summed E-state index contributed by atoms with van der Waals surface area (Å²) in [7, 11) is 0. The van der Waals surface area contributed by atoms with Gasteiger partial charge in [0.25, 0.3) is 0 Å². The highest BCUT2D eigenvalue weighted by Crippen LogP contribution is 2.30. The van der Waals surface area contributed by atoms with Crippen LogP contribution in [0.2, 0.25) is 0 Å². The van der Waals surface area contributed by atoms with Gasteiger partial charge in [0.2, 0.25) is 11.8 Å². The molecule has 0 aromatic heterocycles. The molecule has 108 valence electrons. The van der Waals surface area contributed by atoms with Crippen LogP contribution in [0, 0.1) is 17.8 Å². The van der Waals surface area contributed by atoms with Crippen molar-refractivity contribution in [3.05, 3.63) is 0 Å². The molecule has 1 heterocycles. The molecule has 2 amide bonds. The number of carbonyl (C=O) groups is 2. The maximum absolute atomic E-state index is 12.3. The van der Waals surface area contributed by atoms with Gasteiger partial charge < -0.3 is 10.2 Å². The van der Waals surface area contributed by atoms with Gasteiger partial charge in [-0.25, -0.2) is 0 Å². The molecular weight excluding hydrogens is 240 g/mol. The Kier molecular flexibility index (Phi) is 4.48. The highest BCUT2D eigenvalue weighted by molar-refractivity contribution is 5.89. The minimum Gasteiger partial charge on any atom is -0.353 e. The van der Waals surface area contributed by atoms with E-state index in [2.05, 4.69) is 19.2 Å². The molecule has 4 atom stereocenters. The maximum atomic E-state index is 12.3. The molecule has 0 aromatic rings. The average Bonchev–Trinajstić information content (AvgIpc) is 2.76. The van der Waals surface area contributed by atoms with Crippen molar-refractivity contribution in [1.82, 2.24) is 10.2 Å². The molecule has 1 aliphatic carbocycles. The van der Waals surface area contributed by atoms with Gasteiger partial charge >= 0.3 is 0 Å². The Bertz CT molecular complexity index is 356. The second-order valence-electron chi connectivity index (χ2n) is 6.22. The number of carbonyl (C=O) groups excluding carboxylic acids is 2. The van der Waals surface area contributed by atoms with Crippen LogP contribution in [0.3, 0.4) is 0 Å². The Balaban J connectivity index is 1.89. The number of amides is 2. The Morgan fingerprint density at radius 1 is 1.37 bits per heavy atom. The molecule has 0 radical (unpaired) electrons.